The zero-order valence-electron chi connectivity index (χ0n) is 12.3. The number of fused-ring (bicyclic) bond motifs is 1. The molecule has 1 saturated heterocycles. The first-order valence-electron chi connectivity index (χ1n) is 7.89. The second kappa shape index (κ2) is 6.29. The third kappa shape index (κ3) is 3.09. The largest absolute Gasteiger partial charge is 0.356 e. The summed E-state index contributed by atoms with van der Waals surface area (Å²) in [5.74, 6) is 0.397. The maximum Gasteiger partial charge on any atom is 0.227 e. The Kier molecular flexibility index (Phi) is 4.23. The van der Waals surface area contributed by atoms with Crippen LogP contribution in [-0.2, 0) is 16.0 Å². The Bertz CT molecular complexity index is 541. The van der Waals surface area contributed by atoms with E-state index in [9.17, 15) is 9.59 Å². The van der Waals surface area contributed by atoms with Gasteiger partial charge in [-0.05, 0) is 36.8 Å². The Morgan fingerprint density at radius 2 is 2.14 bits per heavy atom. The van der Waals surface area contributed by atoms with Crippen molar-refractivity contribution in [2.75, 3.05) is 19.6 Å². The summed E-state index contributed by atoms with van der Waals surface area (Å²) in [6.07, 6.45) is 4.41. The number of likely N-dealkylation sites (tertiary alicyclic amines) is 1. The molecular weight excluding hydrogens is 264 g/mol. The lowest BCUT2D eigenvalue weighted by Gasteiger charge is -2.16. The number of amides is 2. The highest BCUT2D eigenvalue weighted by molar-refractivity contribution is 5.84. The van der Waals surface area contributed by atoms with E-state index >= 15 is 0 Å². The second-order valence-electron chi connectivity index (χ2n) is 5.92. The van der Waals surface area contributed by atoms with Crippen molar-refractivity contribution < 1.29 is 9.59 Å². The lowest BCUT2D eigenvalue weighted by Crippen LogP contribution is -2.32. The summed E-state index contributed by atoms with van der Waals surface area (Å²) >= 11 is 0. The molecule has 0 spiro atoms. The van der Waals surface area contributed by atoms with Gasteiger partial charge in [0.15, 0.2) is 0 Å². The van der Waals surface area contributed by atoms with Gasteiger partial charge in [-0.15, -0.1) is 0 Å². The van der Waals surface area contributed by atoms with Gasteiger partial charge in [0.1, 0.15) is 0 Å². The fourth-order valence-electron chi connectivity index (χ4n) is 3.37. The molecule has 4 nitrogen and oxygen atoms in total. The van der Waals surface area contributed by atoms with Crippen molar-refractivity contribution in [3.63, 3.8) is 0 Å². The van der Waals surface area contributed by atoms with Gasteiger partial charge < -0.3 is 10.2 Å². The minimum absolute atomic E-state index is 0.00891. The van der Waals surface area contributed by atoms with Crippen LogP contribution in [0.15, 0.2) is 24.3 Å². The van der Waals surface area contributed by atoms with Crippen LogP contribution in [0.3, 0.4) is 0 Å². The second-order valence-corrected chi connectivity index (χ2v) is 5.92. The van der Waals surface area contributed by atoms with E-state index in [4.69, 9.17) is 0 Å². The van der Waals surface area contributed by atoms with Crippen LogP contribution in [0.4, 0.5) is 0 Å². The van der Waals surface area contributed by atoms with Crippen molar-refractivity contribution in [3.05, 3.63) is 35.4 Å². The number of rotatable bonds is 5. The molecule has 4 heteroatoms. The maximum atomic E-state index is 12.3. The first kappa shape index (κ1) is 14.1. The third-order valence-corrected chi connectivity index (χ3v) is 4.52. The summed E-state index contributed by atoms with van der Waals surface area (Å²) < 4.78 is 0. The Morgan fingerprint density at radius 1 is 1.29 bits per heavy atom. The molecular formula is C17H22N2O2. The van der Waals surface area contributed by atoms with E-state index in [1.165, 1.54) is 11.1 Å². The number of hydrogen-bond acceptors (Lipinski definition) is 2. The Hall–Kier alpha value is -1.84. The average Bonchev–Trinajstić information content (AvgIpc) is 3.10. The fraction of sp³-hybridized carbons (Fsp3) is 0.529. The third-order valence-electron chi connectivity index (χ3n) is 4.52. The van der Waals surface area contributed by atoms with Crippen LogP contribution in [0.2, 0.25) is 0 Å². The van der Waals surface area contributed by atoms with Gasteiger partial charge in [-0.1, -0.05) is 24.3 Å². The first-order valence-corrected chi connectivity index (χ1v) is 7.89. The van der Waals surface area contributed by atoms with Crippen LogP contribution < -0.4 is 5.32 Å². The van der Waals surface area contributed by atoms with E-state index in [1.807, 2.05) is 17.0 Å². The maximum absolute atomic E-state index is 12.3. The molecule has 0 aromatic heterocycles. The monoisotopic (exact) mass is 286 g/mol. The van der Waals surface area contributed by atoms with E-state index in [-0.39, 0.29) is 17.7 Å². The van der Waals surface area contributed by atoms with Gasteiger partial charge in [0.2, 0.25) is 11.8 Å². The molecule has 21 heavy (non-hydrogen) atoms. The molecule has 1 aromatic rings. The van der Waals surface area contributed by atoms with Gasteiger partial charge in [0, 0.05) is 26.1 Å². The molecule has 0 unspecified atom stereocenters. The van der Waals surface area contributed by atoms with Gasteiger partial charge in [-0.2, -0.15) is 0 Å². The summed E-state index contributed by atoms with van der Waals surface area (Å²) in [5.41, 5.74) is 2.49. The van der Waals surface area contributed by atoms with Gasteiger partial charge in [-0.3, -0.25) is 9.59 Å². The number of hydrogen-bond donors (Lipinski definition) is 1. The highest BCUT2D eigenvalue weighted by atomic mass is 16.2. The van der Waals surface area contributed by atoms with Gasteiger partial charge in [0.05, 0.1) is 5.92 Å². The predicted molar refractivity (Wildman–Crippen MR) is 80.9 cm³/mol. The minimum atomic E-state index is 0.00891. The van der Waals surface area contributed by atoms with E-state index in [0.717, 1.165) is 38.8 Å². The molecule has 3 rings (SSSR count). The number of benzene rings is 1. The number of nitrogens with zero attached hydrogens (tertiary/aromatic N) is 1. The quantitative estimate of drug-likeness (QED) is 0.840. The average molecular weight is 286 g/mol. The van der Waals surface area contributed by atoms with Crippen molar-refractivity contribution in [3.8, 4) is 0 Å². The van der Waals surface area contributed by atoms with E-state index in [2.05, 4.69) is 17.4 Å². The lowest BCUT2D eigenvalue weighted by molar-refractivity contribution is -0.127. The molecule has 2 aliphatic rings. The van der Waals surface area contributed by atoms with Crippen LogP contribution in [0.5, 0.6) is 0 Å². The minimum Gasteiger partial charge on any atom is -0.356 e. The molecule has 1 aliphatic heterocycles. The van der Waals surface area contributed by atoms with Crippen molar-refractivity contribution in [1.82, 2.24) is 10.2 Å². The molecule has 1 N–H and O–H groups in total. The zero-order valence-corrected chi connectivity index (χ0v) is 12.3. The molecule has 0 bridgehead atoms. The van der Waals surface area contributed by atoms with Crippen molar-refractivity contribution >= 4 is 11.8 Å². The smallest absolute Gasteiger partial charge is 0.227 e. The normalized spacial score (nSPS) is 20.7. The highest BCUT2D eigenvalue weighted by Gasteiger charge is 2.27. The molecule has 2 amide bonds. The van der Waals surface area contributed by atoms with Crippen LogP contribution in [0, 0.1) is 0 Å². The van der Waals surface area contributed by atoms with Crippen molar-refractivity contribution in [2.45, 2.75) is 38.0 Å². The summed E-state index contributed by atoms with van der Waals surface area (Å²) in [6.45, 7) is 2.30. The lowest BCUT2D eigenvalue weighted by atomic mass is 10.0. The first-order chi connectivity index (χ1) is 10.3. The number of nitrogens with one attached hydrogen (secondary N) is 1. The Balaban J connectivity index is 1.44. The predicted octanol–water partition coefficient (Wildman–Crippen LogP) is 1.85. The number of carbonyl (C=O) groups excluding carboxylic acids is 2. The van der Waals surface area contributed by atoms with Gasteiger partial charge in [-0.25, -0.2) is 0 Å². The topological polar surface area (TPSA) is 49.4 Å². The van der Waals surface area contributed by atoms with Crippen LogP contribution in [0.25, 0.3) is 0 Å². The zero-order chi connectivity index (χ0) is 14.7. The van der Waals surface area contributed by atoms with E-state index in [0.29, 0.717) is 13.0 Å². The van der Waals surface area contributed by atoms with Crippen molar-refractivity contribution in [2.24, 2.45) is 0 Å². The summed E-state index contributed by atoms with van der Waals surface area (Å²) in [6, 6.07) is 8.21. The van der Waals surface area contributed by atoms with Crippen LogP contribution in [-0.4, -0.2) is 36.3 Å². The number of aryl methyl sites for hydroxylation is 1. The Morgan fingerprint density at radius 3 is 2.95 bits per heavy atom. The number of carbonyl (C=O) groups is 2. The molecule has 0 saturated carbocycles. The van der Waals surface area contributed by atoms with E-state index < -0.39 is 0 Å². The molecule has 1 heterocycles. The summed E-state index contributed by atoms with van der Waals surface area (Å²) in [4.78, 5) is 25.7. The molecule has 112 valence electrons. The SMILES string of the molecule is O=C(NCCCN1CCCC1=O)[C@@H]1CCc2ccccc21. The fourth-order valence-corrected chi connectivity index (χ4v) is 3.37. The highest BCUT2D eigenvalue weighted by Crippen LogP contribution is 2.32. The summed E-state index contributed by atoms with van der Waals surface area (Å²) in [5, 5.41) is 3.03. The Labute approximate surface area is 125 Å². The molecule has 1 aromatic carbocycles. The van der Waals surface area contributed by atoms with Crippen molar-refractivity contribution in [1.29, 1.82) is 0 Å². The van der Waals surface area contributed by atoms with Crippen LogP contribution >= 0.6 is 0 Å². The summed E-state index contributed by atoms with van der Waals surface area (Å²) in [7, 11) is 0. The van der Waals surface area contributed by atoms with Gasteiger partial charge in [0.25, 0.3) is 0 Å². The molecule has 1 aliphatic carbocycles. The van der Waals surface area contributed by atoms with E-state index in [1.54, 1.807) is 0 Å². The standard InChI is InChI=1S/C17H22N2O2/c20-16-7-3-11-19(16)12-4-10-18-17(21)15-9-8-13-5-1-2-6-14(13)15/h1-2,5-6,15H,3-4,7-12H2,(H,18,21)/t15-/m1/s1. The van der Waals surface area contributed by atoms with Crippen LogP contribution in [0.1, 0.15) is 42.7 Å². The molecule has 1 fully saturated rings. The molecule has 1 atom stereocenters. The molecule has 0 radical (unpaired) electrons. The van der Waals surface area contributed by atoms with Gasteiger partial charge >= 0.3 is 0 Å².